The van der Waals surface area contributed by atoms with Crippen LogP contribution in [0.1, 0.15) is 12.0 Å². The summed E-state index contributed by atoms with van der Waals surface area (Å²) in [7, 11) is -3.87. The number of nitrogens with one attached hydrogen (secondary N) is 1. The predicted octanol–water partition coefficient (Wildman–Crippen LogP) is -1.17. The number of carbonyl (C=O) groups excluding carboxylic acids is 1. The molecule has 1 amide bonds. The lowest BCUT2D eigenvalue weighted by Gasteiger charge is -2.09. The molecule has 9 heteroatoms. The Morgan fingerprint density at radius 1 is 1.24 bits per heavy atom. The van der Waals surface area contributed by atoms with Crippen LogP contribution < -0.4 is 10.5 Å². The highest BCUT2D eigenvalue weighted by Gasteiger charge is 2.18. The van der Waals surface area contributed by atoms with E-state index in [0.29, 0.717) is 12.0 Å². The molecule has 116 valence electrons. The summed E-state index contributed by atoms with van der Waals surface area (Å²) < 4.78 is 25.8. The Hall–Kier alpha value is -1.97. The number of hydrogen-bond acceptors (Lipinski definition) is 5. The van der Waals surface area contributed by atoms with Gasteiger partial charge in [0.1, 0.15) is 6.10 Å². The standard InChI is InChI=1S/C12H16N2O6S/c13-12(18)10(15)7-14-21(19,20)9-4-1-8(2-5-9)3-6-11(16)17/h1-2,4-5,10,14-15H,3,6-7H2,(H2,13,18)(H,16,17). The molecule has 0 fully saturated rings. The van der Waals surface area contributed by atoms with Gasteiger partial charge in [-0.2, -0.15) is 0 Å². The number of benzene rings is 1. The first-order chi connectivity index (χ1) is 9.72. The van der Waals surface area contributed by atoms with Crippen LogP contribution in [0.25, 0.3) is 0 Å². The van der Waals surface area contributed by atoms with Crippen LogP contribution in [-0.2, 0) is 26.0 Å². The lowest BCUT2D eigenvalue weighted by atomic mass is 10.1. The van der Waals surface area contributed by atoms with E-state index in [2.05, 4.69) is 4.72 Å². The van der Waals surface area contributed by atoms with Crippen LogP contribution in [0.3, 0.4) is 0 Å². The molecule has 1 rings (SSSR count). The largest absolute Gasteiger partial charge is 0.481 e. The van der Waals surface area contributed by atoms with Crippen molar-refractivity contribution in [2.45, 2.75) is 23.8 Å². The van der Waals surface area contributed by atoms with Crippen molar-refractivity contribution in [3.63, 3.8) is 0 Å². The molecular weight excluding hydrogens is 300 g/mol. The third kappa shape index (κ3) is 5.50. The third-order valence-corrected chi connectivity index (χ3v) is 4.10. The molecule has 0 aromatic heterocycles. The number of aliphatic carboxylic acids is 1. The van der Waals surface area contributed by atoms with Crippen molar-refractivity contribution in [3.8, 4) is 0 Å². The molecule has 0 saturated heterocycles. The second kappa shape index (κ2) is 7.16. The van der Waals surface area contributed by atoms with Crippen LogP contribution in [0.2, 0.25) is 0 Å². The predicted molar refractivity (Wildman–Crippen MR) is 72.8 cm³/mol. The average Bonchev–Trinajstić information content (AvgIpc) is 2.43. The molecule has 5 N–H and O–H groups in total. The number of carboxylic acids is 1. The van der Waals surface area contributed by atoms with Gasteiger partial charge in [0.2, 0.25) is 15.9 Å². The van der Waals surface area contributed by atoms with Gasteiger partial charge >= 0.3 is 5.97 Å². The summed E-state index contributed by atoms with van der Waals surface area (Å²) in [6.45, 7) is -0.515. The third-order valence-electron chi connectivity index (χ3n) is 2.66. The van der Waals surface area contributed by atoms with Gasteiger partial charge in [-0.15, -0.1) is 0 Å². The SMILES string of the molecule is NC(=O)C(O)CNS(=O)(=O)c1ccc(CCC(=O)O)cc1. The molecule has 8 nitrogen and oxygen atoms in total. The molecule has 1 aromatic rings. The van der Waals surface area contributed by atoms with E-state index in [-0.39, 0.29) is 11.3 Å². The average molecular weight is 316 g/mol. The molecular formula is C12H16N2O6S. The van der Waals surface area contributed by atoms with Crippen LogP contribution in [0.5, 0.6) is 0 Å². The normalized spacial score (nSPS) is 12.8. The van der Waals surface area contributed by atoms with Crippen molar-refractivity contribution >= 4 is 21.9 Å². The molecule has 0 aliphatic rings. The molecule has 0 aliphatic heterocycles. The van der Waals surface area contributed by atoms with Gasteiger partial charge in [0.15, 0.2) is 0 Å². The Morgan fingerprint density at radius 3 is 2.29 bits per heavy atom. The second-order valence-corrected chi connectivity index (χ2v) is 6.07. The fourth-order valence-corrected chi connectivity index (χ4v) is 2.50. The summed E-state index contributed by atoms with van der Waals surface area (Å²) in [5.41, 5.74) is 5.50. The number of carboxylic acid groups (broad SMARTS) is 1. The molecule has 1 unspecified atom stereocenters. The van der Waals surface area contributed by atoms with Crippen LogP contribution in [0.4, 0.5) is 0 Å². The molecule has 0 spiro atoms. The van der Waals surface area contributed by atoms with Gasteiger partial charge in [-0.05, 0) is 24.1 Å². The minimum atomic E-state index is -3.87. The molecule has 0 aliphatic carbocycles. The Labute approximate surface area is 121 Å². The molecule has 1 aromatic carbocycles. The van der Waals surface area contributed by atoms with E-state index in [9.17, 15) is 18.0 Å². The maximum atomic E-state index is 11.9. The van der Waals surface area contributed by atoms with Gasteiger partial charge in [0, 0.05) is 13.0 Å². The Morgan fingerprint density at radius 2 is 1.81 bits per heavy atom. The second-order valence-electron chi connectivity index (χ2n) is 4.31. The van der Waals surface area contributed by atoms with Crippen molar-refractivity contribution in [1.29, 1.82) is 0 Å². The number of carbonyl (C=O) groups is 2. The highest BCUT2D eigenvalue weighted by molar-refractivity contribution is 7.89. The van der Waals surface area contributed by atoms with E-state index in [1.54, 1.807) is 0 Å². The Balaban J connectivity index is 2.71. The fraction of sp³-hybridized carbons (Fsp3) is 0.333. The maximum Gasteiger partial charge on any atom is 0.303 e. The first-order valence-corrected chi connectivity index (χ1v) is 7.48. The molecule has 1 atom stereocenters. The molecule has 21 heavy (non-hydrogen) atoms. The zero-order chi connectivity index (χ0) is 16.0. The van der Waals surface area contributed by atoms with E-state index in [1.807, 2.05) is 0 Å². The summed E-state index contributed by atoms with van der Waals surface area (Å²) in [6.07, 6.45) is -1.35. The Kier molecular flexibility index (Phi) is 5.82. The van der Waals surface area contributed by atoms with Gasteiger partial charge < -0.3 is 15.9 Å². The van der Waals surface area contributed by atoms with E-state index in [4.69, 9.17) is 15.9 Å². The number of sulfonamides is 1. The summed E-state index contributed by atoms with van der Waals surface area (Å²) >= 11 is 0. The van der Waals surface area contributed by atoms with Crippen LogP contribution >= 0.6 is 0 Å². The number of amides is 1. The number of nitrogens with two attached hydrogens (primary N) is 1. The van der Waals surface area contributed by atoms with Gasteiger partial charge in [-0.25, -0.2) is 13.1 Å². The smallest absolute Gasteiger partial charge is 0.303 e. The van der Waals surface area contributed by atoms with E-state index >= 15 is 0 Å². The van der Waals surface area contributed by atoms with Crippen molar-refractivity contribution in [3.05, 3.63) is 29.8 Å². The number of primary amides is 1. The summed E-state index contributed by atoms with van der Waals surface area (Å²) in [6, 6.07) is 5.64. The highest BCUT2D eigenvalue weighted by atomic mass is 32.2. The summed E-state index contributed by atoms with van der Waals surface area (Å²) in [5, 5.41) is 17.7. The first-order valence-electron chi connectivity index (χ1n) is 6.00. The zero-order valence-electron chi connectivity index (χ0n) is 11.0. The number of aryl methyl sites for hydroxylation is 1. The lowest BCUT2D eigenvalue weighted by molar-refractivity contribution is -0.137. The van der Waals surface area contributed by atoms with E-state index in [1.165, 1.54) is 24.3 Å². The highest BCUT2D eigenvalue weighted by Crippen LogP contribution is 2.11. The lowest BCUT2D eigenvalue weighted by Crippen LogP contribution is -2.39. The Bertz CT molecular complexity index is 611. The van der Waals surface area contributed by atoms with Crippen LogP contribution in [0.15, 0.2) is 29.2 Å². The van der Waals surface area contributed by atoms with Gasteiger partial charge in [-0.1, -0.05) is 12.1 Å². The van der Waals surface area contributed by atoms with Crippen molar-refractivity contribution < 1.29 is 28.2 Å². The number of aliphatic hydroxyl groups excluding tert-OH is 1. The number of aliphatic hydroxyl groups is 1. The van der Waals surface area contributed by atoms with E-state index in [0.717, 1.165) is 0 Å². The van der Waals surface area contributed by atoms with Crippen molar-refractivity contribution in [2.75, 3.05) is 6.54 Å². The maximum absolute atomic E-state index is 11.9. The fourth-order valence-electron chi connectivity index (χ4n) is 1.46. The van der Waals surface area contributed by atoms with Crippen molar-refractivity contribution in [1.82, 2.24) is 4.72 Å². The summed E-state index contributed by atoms with van der Waals surface area (Å²) in [4.78, 5) is 21.0. The van der Waals surface area contributed by atoms with Crippen LogP contribution in [-0.4, -0.2) is 43.2 Å². The quantitative estimate of drug-likeness (QED) is 0.475. The number of hydrogen-bond donors (Lipinski definition) is 4. The monoisotopic (exact) mass is 316 g/mol. The van der Waals surface area contributed by atoms with E-state index < -0.39 is 34.5 Å². The molecule has 0 radical (unpaired) electrons. The topological polar surface area (TPSA) is 147 Å². The summed E-state index contributed by atoms with van der Waals surface area (Å²) in [5.74, 6) is -1.96. The van der Waals surface area contributed by atoms with Crippen molar-refractivity contribution in [2.24, 2.45) is 5.73 Å². The number of rotatable bonds is 8. The molecule has 0 heterocycles. The minimum Gasteiger partial charge on any atom is -0.481 e. The molecule has 0 saturated carbocycles. The van der Waals surface area contributed by atoms with Gasteiger partial charge in [-0.3, -0.25) is 9.59 Å². The van der Waals surface area contributed by atoms with Crippen LogP contribution in [0, 0.1) is 0 Å². The molecule has 0 bridgehead atoms. The minimum absolute atomic E-state index is 0.0465. The van der Waals surface area contributed by atoms with Gasteiger partial charge in [0.05, 0.1) is 4.90 Å². The first kappa shape index (κ1) is 17.1. The zero-order valence-corrected chi connectivity index (χ0v) is 11.8. The van der Waals surface area contributed by atoms with Gasteiger partial charge in [0.25, 0.3) is 0 Å².